The van der Waals surface area contributed by atoms with Crippen LogP contribution in [0.25, 0.3) is 10.6 Å². The number of para-hydroxylation sites is 1. The third kappa shape index (κ3) is 4.98. The predicted molar refractivity (Wildman–Crippen MR) is 120 cm³/mol. The van der Waals surface area contributed by atoms with Crippen LogP contribution in [0, 0.1) is 6.92 Å². The summed E-state index contributed by atoms with van der Waals surface area (Å²) in [7, 11) is 0. The Balaban J connectivity index is 1.43. The highest BCUT2D eigenvalue weighted by molar-refractivity contribution is 7.13. The van der Waals surface area contributed by atoms with Crippen molar-refractivity contribution in [1.82, 2.24) is 4.98 Å². The van der Waals surface area contributed by atoms with Gasteiger partial charge >= 0.3 is 0 Å². The number of rotatable bonds is 6. The summed E-state index contributed by atoms with van der Waals surface area (Å²) >= 11 is 1.57. The van der Waals surface area contributed by atoms with Crippen molar-refractivity contribution in [2.45, 2.75) is 19.8 Å². The molecule has 4 heteroatoms. The Morgan fingerprint density at radius 1 is 0.931 bits per heavy atom. The number of benzene rings is 3. The maximum Gasteiger partial charge on any atom is 0.230 e. The van der Waals surface area contributed by atoms with E-state index in [9.17, 15) is 4.79 Å². The fourth-order valence-electron chi connectivity index (χ4n) is 3.19. The lowest BCUT2D eigenvalue weighted by Crippen LogP contribution is -2.15. The van der Waals surface area contributed by atoms with Crippen molar-refractivity contribution in [1.29, 1.82) is 0 Å². The maximum absolute atomic E-state index is 12.6. The number of aromatic nitrogens is 1. The molecule has 0 fully saturated rings. The molecule has 144 valence electrons. The number of nitrogens with zero attached hydrogens (tertiary/aromatic N) is 1. The molecule has 0 radical (unpaired) electrons. The van der Waals surface area contributed by atoms with Gasteiger partial charge in [-0.2, -0.15) is 0 Å². The van der Waals surface area contributed by atoms with Gasteiger partial charge < -0.3 is 5.32 Å². The van der Waals surface area contributed by atoms with Gasteiger partial charge in [0.05, 0.1) is 12.1 Å². The molecular formula is C25H22N2OS. The van der Waals surface area contributed by atoms with Crippen LogP contribution in [0.4, 0.5) is 5.69 Å². The molecule has 3 aromatic carbocycles. The van der Waals surface area contributed by atoms with Gasteiger partial charge in [0.2, 0.25) is 5.91 Å². The molecule has 0 aliphatic carbocycles. The van der Waals surface area contributed by atoms with E-state index >= 15 is 0 Å². The van der Waals surface area contributed by atoms with Crippen LogP contribution in [0.2, 0.25) is 0 Å². The summed E-state index contributed by atoms with van der Waals surface area (Å²) in [5.41, 5.74) is 6.28. The lowest BCUT2D eigenvalue weighted by molar-refractivity contribution is -0.115. The summed E-state index contributed by atoms with van der Waals surface area (Å²) in [4.78, 5) is 17.3. The van der Waals surface area contributed by atoms with Gasteiger partial charge in [-0.1, -0.05) is 78.4 Å². The van der Waals surface area contributed by atoms with E-state index in [-0.39, 0.29) is 12.3 Å². The van der Waals surface area contributed by atoms with Gasteiger partial charge in [-0.05, 0) is 30.5 Å². The van der Waals surface area contributed by atoms with Gasteiger partial charge in [0.1, 0.15) is 5.01 Å². The molecule has 0 unspecified atom stereocenters. The summed E-state index contributed by atoms with van der Waals surface area (Å²) in [6, 6.07) is 26.5. The molecule has 1 heterocycles. The largest absolute Gasteiger partial charge is 0.325 e. The van der Waals surface area contributed by atoms with E-state index in [2.05, 4.69) is 59.7 Å². The standard InChI is InChI=1S/C25H22N2OS/c1-18-11-13-20(14-12-18)25-26-22(17-29-25)16-24(28)27-23-10-6-5-9-21(23)15-19-7-3-2-4-8-19/h2-14,17H,15-16H2,1H3,(H,27,28). The third-order valence-electron chi connectivity index (χ3n) is 4.72. The maximum atomic E-state index is 12.6. The molecule has 1 aromatic heterocycles. The molecule has 29 heavy (non-hydrogen) atoms. The summed E-state index contributed by atoms with van der Waals surface area (Å²) in [5.74, 6) is -0.0498. The Morgan fingerprint density at radius 2 is 1.66 bits per heavy atom. The second kappa shape index (κ2) is 8.84. The number of hydrogen-bond acceptors (Lipinski definition) is 3. The fraction of sp³-hybridized carbons (Fsp3) is 0.120. The molecule has 3 nitrogen and oxygen atoms in total. The molecule has 1 amide bonds. The van der Waals surface area contributed by atoms with E-state index in [0.717, 1.165) is 33.9 Å². The Bertz CT molecular complexity index is 1100. The van der Waals surface area contributed by atoms with Gasteiger partial charge in [0, 0.05) is 16.6 Å². The van der Waals surface area contributed by atoms with E-state index in [4.69, 9.17) is 0 Å². The molecule has 4 aromatic rings. The van der Waals surface area contributed by atoms with Crippen molar-refractivity contribution in [2.24, 2.45) is 0 Å². The first-order chi connectivity index (χ1) is 14.2. The minimum absolute atomic E-state index is 0.0498. The summed E-state index contributed by atoms with van der Waals surface area (Å²) < 4.78 is 0. The number of aryl methyl sites for hydroxylation is 1. The highest BCUT2D eigenvalue weighted by Crippen LogP contribution is 2.25. The topological polar surface area (TPSA) is 42.0 Å². The number of anilines is 1. The first kappa shape index (κ1) is 19.1. The van der Waals surface area contributed by atoms with Gasteiger partial charge in [0.15, 0.2) is 0 Å². The zero-order chi connectivity index (χ0) is 20.1. The van der Waals surface area contributed by atoms with Crippen LogP contribution in [0.15, 0.2) is 84.2 Å². The van der Waals surface area contributed by atoms with E-state index < -0.39 is 0 Å². The van der Waals surface area contributed by atoms with Crippen molar-refractivity contribution < 1.29 is 4.79 Å². The molecule has 0 aliphatic rings. The highest BCUT2D eigenvalue weighted by Gasteiger charge is 2.11. The smallest absolute Gasteiger partial charge is 0.230 e. The average molecular weight is 399 g/mol. The Hall–Kier alpha value is -3.24. The molecule has 0 saturated carbocycles. The van der Waals surface area contributed by atoms with Gasteiger partial charge in [-0.25, -0.2) is 4.98 Å². The number of hydrogen-bond donors (Lipinski definition) is 1. The highest BCUT2D eigenvalue weighted by atomic mass is 32.1. The Labute approximate surface area is 175 Å². The third-order valence-corrected chi connectivity index (χ3v) is 5.66. The second-order valence-electron chi connectivity index (χ2n) is 7.05. The van der Waals surface area contributed by atoms with Crippen LogP contribution in [0.1, 0.15) is 22.4 Å². The molecule has 0 atom stereocenters. The number of carbonyl (C=O) groups is 1. The van der Waals surface area contributed by atoms with Crippen molar-refractivity contribution in [2.75, 3.05) is 5.32 Å². The van der Waals surface area contributed by atoms with Crippen LogP contribution in [0.5, 0.6) is 0 Å². The van der Waals surface area contributed by atoms with Crippen LogP contribution >= 0.6 is 11.3 Å². The van der Waals surface area contributed by atoms with Crippen molar-refractivity contribution in [3.05, 3.63) is 107 Å². The van der Waals surface area contributed by atoms with E-state index in [1.165, 1.54) is 11.1 Å². The van der Waals surface area contributed by atoms with Crippen LogP contribution in [0.3, 0.4) is 0 Å². The quantitative estimate of drug-likeness (QED) is 0.440. The number of carbonyl (C=O) groups excluding carboxylic acids is 1. The van der Waals surface area contributed by atoms with E-state index in [1.807, 2.05) is 41.8 Å². The van der Waals surface area contributed by atoms with Gasteiger partial charge in [0.25, 0.3) is 0 Å². The summed E-state index contributed by atoms with van der Waals surface area (Å²) in [6.45, 7) is 2.07. The average Bonchev–Trinajstić information content (AvgIpc) is 3.19. The van der Waals surface area contributed by atoms with Crippen molar-refractivity contribution >= 4 is 22.9 Å². The lowest BCUT2D eigenvalue weighted by Gasteiger charge is -2.11. The van der Waals surface area contributed by atoms with E-state index in [0.29, 0.717) is 0 Å². The summed E-state index contributed by atoms with van der Waals surface area (Å²) in [6.07, 6.45) is 1.05. The van der Waals surface area contributed by atoms with Gasteiger partial charge in [-0.15, -0.1) is 11.3 Å². The Kier molecular flexibility index (Phi) is 5.82. The monoisotopic (exact) mass is 398 g/mol. The normalized spacial score (nSPS) is 10.7. The second-order valence-corrected chi connectivity index (χ2v) is 7.91. The zero-order valence-electron chi connectivity index (χ0n) is 16.3. The minimum Gasteiger partial charge on any atom is -0.325 e. The number of amides is 1. The Morgan fingerprint density at radius 3 is 2.45 bits per heavy atom. The minimum atomic E-state index is -0.0498. The zero-order valence-corrected chi connectivity index (χ0v) is 17.1. The molecule has 0 bridgehead atoms. The number of nitrogens with one attached hydrogen (secondary N) is 1. The molecule has 0 aliphatic heterocycles. The van der Waals surface area contributed by atoms with E-state index in [1.54, 1.807) is 11.3 Å². The predicted octanol–water partition coefficient (Wildman–Crippen LogP) is 5.89. The fourth-order valence-corrected chi connectivity index (χ4v) is 4.01. The van der Waals surface area contributed by atoms with Gasteiger partial charge in [-0.3, -0.25) is 4.79 Å². The van der Waals surface area contributed by atoms with Crippen molar-refractivity contribution in [3.8, 4) is 10.6 Å². The molecular weight excluding hydrogens is 376 g/mol. The molecule has 0 saturated heterocycles. The molecule has 4 rings (SSSR count). The summed E-state index contributed by atoms with van der Waals surface area (Å²) in [5, 5.41) is 5.97. The van der Waals surface area contributed by atoms with Crippen LogP contribution in [-0.4, -0.2) is 10.9 Å². The van der Waals surface area contributed by atoms with Crippen LogP contribution in [-0.2, 0) is 17.6 Å². The first-order valence-corrected chi connectivity index (χ1v) is 10.5. The van der Waals surface area contributed by atoms with Crippen molar-refractivity contribution in [3.63, 3.8) is 0 Å². The molecule has 0 spiro atoms. The SMILES string of the molecule is Cc1ccc(-c2nc(CC(=O)Nc3ccccc3Cc3ccccc3)cs2)cc1. The lowest BCUT2D eigenvalue weighted by atomic mass is 10.0. The number of thiazole rings is 1. The van der Waals surface area contributed by atoms with Crippen LogP contribution < -0.4 is 5.32 Å². The first-order valence-electron chi connectivity index (χ1n) is 9.60. The molecule has 1 N–H and O–H groups in total.